The van der Waals surface area contributed by atoms with E-state index >= 15 is 0 Å². The van der Waals surface area contributed by atoms with Crippen molar-refractivity contribution in [3.63, 3.8) is 0 Å². The molecule has 49 heavy (non-hydrogen) atoms. The van der Waals surface area contributed by atoms with Crippen molar-refractivity contribution in [3.05, 3.63) is 23.8 Å². The number of esters is 1. The van der Waals surface area contributed by atoms with Crippen molar-refractivity contribution in [1.29, 1.82) is 0 Å². The first kappa shape index (κ1) is 38.2. The van der Waals surface area contributed by atoms with Crippen molar-refractivity contribution in [2.24, 2.45) is 28.6 Å². The lowest BCUT2D eigenvalue weighted by Gasteiger charge is -2.58. The molecule has 0 aromatic rings. The van der Waals surface area contributed by atoms with Gasteiger partial charge in [-0.05, 0) is 74.2 Å². The van der Waals surface area contributed by atoms with Crippen LogP contribution in [0, 0.1) is 28.6 Å². The third-order valence-electron chi connectivity index (χ3n) is 12.0. The smallest absolute Gasteiger partial charge is 0.460 e. The Morgan fingerprint density at radius 3 is 2.02 bits per heavy atom. The molecule has 280 valence electrons. The van der Waals surface area contributed by atoms with Gasteiger partial charge in [0.15, 0.2) is 5.79 Å². The number of allylic oxidation sites excluding steroid dienone is 3. The van der Waals surface area contributed by atoms with E-state index in [4.69, 9.17) is 14.2 Å². The first-order valence-corrected chi connectivity index (χ1v) is 16.1. The van der Waals surface area contributed by atoms with E-state index in [9.17, 15) is 61.9 Å². The van der Waals surface area contributed by atoms with Gasteiger partial charge < -0.3 is 14.2 Å². The molecular weight excluding hydrogens is 695 g/mol. The maximum absolute atomic E-state index is 14.0. The number of carbonyl (C=O) groups excluding carboxylic acids is 1. The molecule has 0 aromatic carbocycles. The first-order chi connectivity index (χ1) is 22.3. The van der Waals surface area contributed by atoms with Gasteiger partial charge in [-0.25, -0.2) is 0 Å². The summed E-state index contributed by atoms with van der Waals surface area (Å²) >= 11 is 0. The van der Waals surface area contributed by atoms with Crippen molar-refractivity contribution in [2.75, 3.05) is 13.2 Å². The van der Waals surface area contributed by atoms with Gasteiger partial charge in [-0.2, -0.15) is 57.1 Å². The number of carbonyl (C=O) groups is 1. The third kappa shape index (κ3) is 5.60. The van der Waals surface area contributed by atoms with Crippen molar-refractivity contribution >= 4 is 5.97 Å². The lowest BCUT2D eigenvalue weighted by Crippen LogP contribution is -2.69. The molecule has 0 N–H and O–H groups in total. The normalized spacial score (nSPS) is 34.1. The molecule has 0 aromatic heterocycles. The minimum absolute atomic E-state index is 0.0265. The largest absolute Gasteiger partial charge is 0.462 e. The van der Waals surface area contributed by atoms with E-state index in [1.807, 2.05) is 0 Å². The predicted octanol–water partition coefficient (Wildman–Crippen LogP) is 9.68. The third-order valence-corrected chi connectivity index (χ3v) is 12.0. The quantitative estimate of drug-likeness (QED) is 0.135. The number of alkyl halides is 13. The van der Waals surface area contributed by atoms with E-state index in [0.717, 1.165) is 37.7 Å². The molecule has 0 amide bonds. The molecule has 5 aliphatic rings. The second kappa shape index (κ2) is 12.0. The van der Waals surface area contributed by atoms with Crippen molar-refractivity contribution < 1.29 is 76.1 Å². The maximum Gasteiger partial charge on any atom is 0.460 e. The van der Waals surface area contributed by atoms with Crippen molar-refractivity contribution in [3.8, 4) is 0 Å². The van der Waals surface area contributed by atoms with Gasteiger partial charge in [-0.1, -0.05) is 31.6 Å². The SMILES string of the molecule is C[C@]12CC[C@H](OC(=O)CC/C=C/C(F)(F)C(F)(F)C(F)(F)C(F)(F)C(F)(F)C(F)(F)F)CC1=CC[C@@H]1[C@@H]2CC[C@@]2(C)[C@H]1CCC21OCCO1. The van der Waals surface area contributed by atoms with Crippen LogP contribution in [0.2, 0.25) is 0 Å². The molecule has 0 bridgehead atoms. The summed E-state index contributed by atoms with van der Waals surface area (Å²) in [6.07, 6.45) is -2.35. The Morgan fingerprint density at radius 1 is 0.816 bits per heavy atom. The van der Waals surface area contributed by atoms with Gasteiger partial charge in [0.05, 0.1) is 13.2 Å². The highest BCUT2D eigenvalue weighted by molar-refractivity contribution is 5.69. The molecule has 5 rings (SSSR count). The molecule has 4 fully saturated rings. The fraction of sp³-hybridized carbons (Fsp3) is 0.844. The Kier molecular flexibility index (Phi) is 9.36. The van der Waals surface area contributed by atoms with Gasteiger partial charge in [0.25, 0.3) is 0 Å². The van der Waals surface area contributed by atoms with Crippen LogP contribution in [0.1, 0.15) is 78.1 Å². The van der Waals surface area contributed by atoms with Gasteiger partial charge in [-0.3, -0.25) is 4.79 Å². The topological polar surface area (TPSA) is 44.8 Å². The Morgan fingerprint density at radius 2 is 1.41 bits per heavy atom. The average molecular weight is 733 g/mol. The molecule has 3 saturated carbocycles. The number of halogens is 13. The van der Waals surface area contributed by atoms with Gasteiger partial charge in [0, 0.05) is 24.7 Å². The lowest BCUT2D eigenvalue weighted by atomic mass is 9.47. The molecule has 1 heterocycles. The molecule has 0 radical (unpaired) electrons. The molecule has 1 saturated heterocycles. The summed E-state index contributed by atoms with van der Waals surface area (Å²) in [6.45, 7) is 5.62. The summed E-state index contributed by atoms with van der Waals surface area (Å²) in [5.41, 5.74) is 0.877. The van der Waals surface area contributed by atoms with Crippen LogP contribution in [-0.2, 0) is 19.0 Å². The summed E-state index contributed by atoms with van der Waals surface area (Å²) in [7, 11) is 0. The average Bonchev–Trinajstić information content (AvgIpc) is 3.59. The molecule has 1 spiro atoms. The highest BCUT2D eigenvalue weighted by Gasteiger charge is 2.90. The summed E-state index contributed by atoms with van der Waals surface area (Å²) < 4.78 is 190. The Balaban J connectivity index is 1.17. The van der Waals surface area contributed by atoms with E-state index in [1.54, 1.807) is 0 Å². The monoisotopic (exact) mass is 732 g/mol. The Bertz CT molecular complexity index is 1340. The molecule has 6 atom stereocenters. The zero-order valence-electron chi connectivity index (χ0n) is 26.6. The van der Waals surface area contributed by atoms with Crippen LogP contribution in [0.4, 0.5) is 57.1 Å². The molecule has 17 heteroatoms. The molecular formula is C32H37F13O4. The summed E-state index contributed by atoms with van der Waals surface area (Å²) in [4.78, 5) is 12.4. The Hall–Kier alpha value is -2.04. The van der Waals surface area contributed by atoms with Crippen LogP contribution in [0.3, 0.4) is 0 Å². The predicted molar refractivity (Wildman–Crippen MR) is 145 cm³/mol. The van der Waals surface area contributed by atoms with E-state index in [-0.39, 0.29) is 16.9 Å². The van der Waals surface area contributed by atoms with Crippen LogP contribution in [0.15, 0.2) is 23.8 Å². The molecule has 0 unspecified atom stereocenters. The summed E-state index contributed by atoms with van der Waals surface area (Å²) in [6, 6.07) is 0. The molecule has 1 aliphatic heterocycles. The first-order valence-electron chi connectivity index (χ1n) is 16.1. The summed E-state index contributed by atoms with van der Waals surface area (Å²) in [5, 5.41) is 0. The second-order valence-electron chi connectivity index (χ2n) is 14.4. The highest BCUT2D eigenvalue weighted by atomic mass is 19.4. The number of ether oxygens (including phenoxy) is 3. The number of fused-ring (bicyclic) bond motifs is 6. The molecule has 4 aliphatic carbocycles. The van der Waals surface area contributed by atoms with Gasteiger partial charge in [-0.15, -0.1) is 0 Å². The number of hydrogen-bond donors (Lipinski definition) is 0. The number of hydrogen-bond acceptors (Lipinski definition) is 4. The van der Waals surface area contributed by atoms with Crippen LogP contribution < -0.4 is 0 Å². The maximum atomic E-state index is 14.0. The van der Waals surface area contributed by atoms with Gasteiger partial charge >= 0.3 is 41.8 Å². The van der Waals surface area contributed by atoms with Gasteiger partial charge in [0.2, 0.25) is 0 Å². The summed E-state index contributed by atoms with van der Waals surface area (Å²) in [5.74, 6) is -37.6. The standard InChI is InChI=1S/C32H37F13O4/c1-24-12-8-19(17-18(24)6-7-20-21(24)9-13-25(2)22(20)10-14-27(25)47-15-16-48-27)49-23(46)5-3-4-11-26(33,34)28(35,36)29(37,38)30(39,40)31(41,42)32(43,44)45/h4,6,11,19-22H,3,5,7-10,12-17H2,1-2H3/b11-4+/t19-,20+,21-,22-,24-,25-/m0/s1. The molecule has 4 nitrogen and oxygen atoms in total. The highest BCUT2D eigenvalue weighted by Crippen LogP contribution is 2.69. The zero-order chi connectivity index (χ0) is 36.7. The fourth-order valence-corrected chi connectivity index (χ4v) is 9.18. The van der Waals surface area contributed by atoms with Gasteiger partial charge in [0.1, 0.15) is 6.10 Å². The van der Waals surface area contributed by atoms with Crippen molar-refractivity contribution in [1.82, 2.24) is 0 Å². The van der Waals surface area contributed by atoms with E-state index in [1.165, 1.54) is 0 Å². The minimum atomic E-state index is -7.95. The van der Waals surface area contributed by atoms with Crippen LogP contribution >= 0.6 is 0 Å². The lowest BCUT2D eigenvalue weighted by molar-refractivity contribution is -0.436. The van der Waals surface area contributed by atoms with Crippen molar-refractivity contribution in [2.45, 2.75) is 126 Å². The van der Waals surface area contributed by atoms with E-state index in [2.05, 4.69) is 19.9 Å². The van der Waals surface area contributed by atoms with E-state index < -0.39 is 72.6 Å². The fourth-order valence-electron chi connectivity index (χ4n) is 9.18. The van der Waals surface area contributed by atoms with Crippen LogP contribution in [0.25, 0.3) is 0 Å². The second-order valence-corrected chi connectivity index (χ2v) is 14.4. The van der Waals surface area contributed by atoms with Crippen LogP contribution in [0.5, 0.6) is 0 Å². The minimum Gasteiger partial charge on any atom is -0.462 e. The Labute approximate surface area is 273 Å². The van der Waals surface area contributed by atoms with E-state index in [0.29, 0.717) is 50.2 Å². The zero-order valence-corrected chi connectivity index (χ0v) is 26.6. The van der Waals surface area contributed by atoms with Crippen LogP contribution in [-0.4, -0.2) is 66.9 Å². The number of rotatable bonds is 9.